The average Bonchev–Trinajstić information content (AvgIpc) is 2.33. The molecule has 4 nitrogen and oxygen atoms in total. The van der Waals surface area contributed by atoms with Gasteiger partial charge in [-0.15, -0.1) is 11.3 Å². The Morgan fingerprint density at radius 2 is 2.50 bits per heavy atom. The lowest BCUT2D eigenvalue weighted by Crippen LogP contribution is -2.20. The summed E-state index contributed by atoms with van der Waals surface area (Å²) in [6.45, 7) is 1.87. The molecule has 1 aromatic heterocycles. The molecule has 1 heterocycles. The maximum atomic E-state index is 10.5. The zero-order chi connectivity index (χ0) is 9.14. The quantitative estimate of drug-likeness (QED) is 0.711. The van der Waals surface area contributed by atoms with E-state index in [9.17, 15) is 4.79 Å². The average molecular weight is 185 g/mol. The van der Waals surface area contributed by atoms with Gasteiger partial charge in [-0.2, -0.15) is 0 Å². The van der Waals surface area contributed by atoms with E-state index in [0.717, 1.165) is 10.6 Å². The molecule has 0 spiro atoms. The highest BCUT2D eigenvalue weighted by molar-refractivity contribution is 7.09. The van der Waals surface area contributed by atoms with E-state index in [0.29, 0.717) is 0 Å². The Bertz CT molecular complexity index is 284. The Labute approximate surface area is 74.6 Å². The number of carbonyl (C=O) groups excluding carboxylic acids is 1. The number of rotatable bonds is 3. The number of hydrogen-bond acceptors (Lipinski definition) is 4. The fourth-order valence-corrected chi connectivity index (χ4v) is 1.78. The summed E-state index contributed by atoms with van der Waals surface area (Å²) in [7, 11) is 0. The van der Waals surface area contributed by atoms with Gasteiger partial charge >= 0.3 is 0 Å². The third-order valence-corrected chi connectivity index (χ3v) is 2.60. The number of thiazole rings is 1. The van der Waals surface area contributed by atoms with Crippen molar-refractivity contribution < 1.29 is 4.79 Å². The van der Waals surface area contributed by atoms with Crippen molar-refractivity contribution in [1.29, 1.82) is 0 Å². The number of amides is 1. The molecule has 1 aromatic rings. The Kier molecular flexibility index (Phi) is 2.78. The summed E-state index contributed by atoms with van der Waals surface area (Å²) in [5, 5.41) is 0. The van der Waals surface area contributed by atoms with E-state index in [4.69, 9.17) is 11.5 Å². The lowest BCUT2D eigenvalue weighted by molar-refractivity contribution is -0.118. The van der Waals surface area contributed by atoms with E-state index in [1.165, 1.54) is 11.3 Å². The highest BCUT2D eigenvalue weighted by atomic mass is 32.1. The fraction of sp³-hybridized carbons (Fsp3) is 0.429. The van der Waals surface area contributed by atoms with Crippen LogP contribution in [0.3, 0.4) is 0 Å². The van der Waals surface area contributed by atoms with Crippen LogP contribution in [0.1, 0.15) is 23.0 Å². The van der Waals surface area contributed by atoms with E-state index < -0.39 is 0 Å². The maximum absolute atomic E-state index is 10.5. The van der Waals surface area contributed by atoms with Gasteiger partial charge in [0.15, 0.2) is 0 Å². The molecule has 0 fully saturated rings. The van der Waals surface area contributed by atoms with E-state index in [2.05, 4.69) is 4.98 Å². The first-order chi connectivity index (χ1) is 5.61. The van der Waals surface area contributed by atoms with Gasteiger partial charge in [-0.25, -0.2) is 4.98 Å². The van der Waals surface area contributed by atoms with Crippen LogP contribution in [0.2, 0.25) is 0 Å². The van der Waals surface area contributed by atoms with Crippen molar-refractivity contribution in [2.45, 2.75) is 19.4 Å². The summed E-state index contributed by atoms with van der Waals surface area (Å²) in [4.78, 5) is 15.5. The smallest absolute Gasteiger partial charge is 0.219 e. The molecule has 66 valence electrons. The number of primary amides is 1. The minimum absolute atomic E-state index is 0.184. The van der Waals surface area contributed by atoms with Crippen LogP contribution in [-0.2, 0) is 4.79 Å². The molecule has 1 atom stereocenters. The first kappa shape index (κ1) is 9.15. The number of nitrogens with two attached hydrogens (primary N) is 2. The Morgan fingerprint density at radius 1 is 1.83 bits per heavy atom. The molecule has 4 N–H and O–H groups in total. The Morgan fingerprint density at radius 3 is 2.92 bits per heavy atom. The van der Waals surface area contributed by atoms with Crippen LogP contribution in [0.15, 0.2) is 5.51 Å². The van der Waals surface area contributed by atoms with Crippen molar-refractivity contribution in [3.05, 3.63) is 16.1 Å². The van der Waals surface area contributed by atoms with E-state index >= 15 is 0 Å². The molecule has 0 aliphatic carbocycles. The van der Waals surface area contributed by atoms with Crippen LogP contribution in [-0.4, -0.2) is 10.9 Å². The molecule has 0 unspecified atom stereocenters. The second-order valence-corrected chi connectivity index (χ2v) is 3.47. The zero-order valence-corrected chi connectivity index (χ0v) is 7.60. The third-order valence-electron chi connectivity index (χ3n) is 1.54. The second kappa shape index (κ2) is 3.64. The minimum Gasteiger partial charge on any atom is -0.370 e. The van der Waals surface area contributed by atoms with E-state index in [1.54, 1.807) is 5.51 Å². The van der Waals surface area contributed by atoms with Gasteiger partial charge in [-0.1, -0.05) is 0 Å². The Hall–Kier alpha value is -0.940. The predicted molar refractivity (Wildman–Crippen MR) is 47.6 cm³/mol. The highest BCUT2D eigenvalue weighted by Crippen LogP contribution is 2.21. The highest BCUT2D eigenvalue weighted by Gasteiger charge is 2.13. The van der Waals surface area contributed by atoms with Crippen molar-refractivity contribution >= 4 is 17.2 Å². The molecule has 0 aliphatic heterocycles. The van der Waals surface area contributed by atoms with Crippen LogP contribution >= 0.6 is 11.3 Å². The lowest BCUT2D eigenvalue weighted by Gasteiger charge is -2.06. The van der Waals surface area contributed by atoms with Gasteiger partial charge in [0.1, 0.15) is 0 Å². The van der Waals surface area contributed by atoms with Gasteiger partial charge in [0.25, 0.3) is 0 Å². The van der Waals surface area contributed by atoms with Crippen molar-refractivity contribution in [2.75, 3.05) is 0 Å². The monoisotopic (exact) mass is 185 g/mol. The first-order valence-electron chi connectivity index (χ1n) is 3.55. The molecular weight excluding hydrogens is 174 g/mol. The van der Waals surface area contributed by atoms with Gasteiger partial charge in [-0.3, -0.25) is 4.79 Å². The van der Waals surface area contributed by atoms with Gasteiger partial charge in [-0.05, 0) is 6.92 Å². The lowest BCUT2D eigenvalue weighted by atomic mass is 10.1. The molecule has 0 saturated heterocycles. The van der Waals surface area contributed by atoms with Crippen LogP contribution in [0.25, 0.3) is 0 Å². The standard InChI is InChI=1S/C7H11N3OS/c1-4-7(12-3-10-4)5(8)2-6(9)11/h3,5H,2,8H2,1H3,(H2,9,11)/t5-/m0/s1. The molecule has 5 heteroatoms. The molecular formula is C7H11N3OS. The van der Waals surface area contributed by atoms with E-state index in [-0.39, 0.29) is 18.4 Å². The van der Waals surface area contributed by atoms with Gasteiger partial charge < -0.3 is 11.5 Å². The predicted octanol–water partition coefficient (Wildman–Crippen LogP) is 0.327. The SMILES string of the molecule is Cc1ncsc1[C@@H](N)CC(N)=O. The number of carbonyl (C=O) groups is 1. The number of aromatic nitrogens is 1. The van der Waals surface area contributed by atoms with Crippen LogP contribution in [0.5, 0.6) is 0 Å². The zero-order valence-electron chi connectivity index (χ0n) is 6.78. The molecule has 1 amide bonds. The van der Waals surface area contributed by atoms with Gasteiger partial charge in [0, 0.05) is 17.3 Å². The van der Waals surface area contributed by atoms with Crippen molar-refractivity contribution in [1.82, 2.24) is 4.98 Å². The van der Waals surface area contributed by atoms with Crippen molar-refractivity contribution in [3.8, 4) is 0 Å². The molecule has 0 aliphatic rings. The molecule has 0 aromatic carbocycles. The molecule has 0 saturated carbocycles. The largest absolute Gasteiger partial charge is 0.370 e. The number of nitrogens with zero attached hydrogens (tertiary/aromatic N) is 1. The number of aryl methyl sites for hydroxylation is 1. The molecule has 1 rings (SSSR count). The summed E-state index contributed by atoms with van der Waals surface area (Å²) in [5.41, 5.74) is 13.3. The van der Waals surface area contributed by atoms with E-state index in [1.807, 2.05) is 6.92 Å². The second-order valence-electron chi connectivity index (χ2n) is 2.58. The summed E-state index contributed by atoms with van der Waals surface area (Å²) >= 11 is 1.46. The summed E-state index contributed by atoms with van der Waals surface area (Å²) in [6.07, 6.45) is 0.184. The molecule has 0 radical (unpaired) electrons. The third kappa shape index (κ3) is 2.02. The normalized spacial score (nSPS) is 12.8. The van der Waals surface area contributed by atoms with Gasteiger partial charge in [0.05, 0.1) is 11.2 Å². The summed E-state index contributed by atoms with van der Waals surface area (Å²) in [6, 6.07) is -0.296. The van der Waals surface area contributed by atoms with Crippen LogP contribution < -0.4 is 11.5 Å². The molecule has 12 heavy (non-hydrogen) atoms. The Balaban J connectivity index is 2.71. The van der Waals surface area contributed by atoms with Crippen molar-refractivity contribution in [2.24, 2.45) is 11.5 Å². The van der Waals surface area contributed by atoms with Gasteiger partial charge in [0.2, 0.25) is 5.91 Å². The number of hydrogen-bond donors (Lipinski definition) is 2. The van der Waals surface area contributed by atoms with Crippen molar-refractivity contribution in [3.63, 3.8) is 0 Å². The summed E-state index contributed by atoms with van der Waals surface area (Å²) in [5.74, 6) is -0.379. The first-order valence-corrected chi connectivity index (χ1v) is 4.43. The minimum atomic E-state index is -0.379. The van der Waals surface area contributed by atoms with Crippen LogP contribution in [0.4, 0.5) is 0 Å². The topological polar surface area (TPSA) is 82.0 Å². The molecule has 0 bridgehead atoms. The summed E-state index contributed by atoms with van der Waals surface area (Å²) < 4.78 is 0. The maximum Gasteiger partial charge on any atom is 0.219 e. The van der Waals surface area contributed by atoms with Crippen LogP contribution in [0, 0.1) is 6.92 Å². The fourth-order valence-electron chi connectivity index (χ4n) is 0.976.